The Kier molecular flexibility index (Phi) is 14.6. The minimum atomic E-state index is 0.0498. The Morgan fingerprint density at radius 1 is 0.844 bits per heavy atom. The van der Waals surface area contributed by atoms with Crippen LogP contribution in [0.2, 0.25) is 0 Å². The van der Waals surface area contributed by atoms with Crippen LogP contribution in [0, 0.1) is 46.3 Å². The molecule has 0 aromatic carbocycles. The maximum atomic E-state index is 12.8. The third-order valence-electron chi connectivity index (χ3n) is 13.7. The predicted molar refractivity (Wildman–Crippen MR) is 193 cm³/mol. The van der Waals surface area contributed by atoms with Gasteiger partial charge >= 0.3 is 5.97 Å². The summed E-state index contributed by atoms with van der Waals surface area (Å²) in [6.45, 7) is 14.9. The van der Waals surface area contributed by atoms with Crippen LogP contribution < -0.4 is 0 Å². The van der Waals surface area contributed by atoms with Crippen LogP contribution in [0.15, 0.2) is 23.8 Å². The van der Waals surface area contributed by atoms with Crippen molar-refractivity contribution in [2.75, 3.05) is 0 Å². The van der Waals surface area contributed by atoms with Crippen molar-refractivity contribution in [1.82, 2.24) is 0 Å². The number of unbranched alkanes of at least 4 members (excludes halogenated alkanes) is 9. The zero-order valence-electron chi connectivity index (χ0n) is 30.9. The van der Waals surface area contributed by atoms with E-state index in [-0.39, 0.29) is 12.1 Å². The van der Waals surface area contributed by atoms with Crippen LogP contribution in [0.1, 0.15) is 189 Å². The van der Waals surface area contributed by atoms with Gasteiger partial charge in [0.15, 0.2) is 0 Å². The van der Waals surface area contributed by atoms with Gasteiger partial charge < -0.3 is 4.74 Å². The number of hydrogen-bond donors (Lipinski definition) is 0. The summed E-state index contributed by atoms with van der Waals surface area (Å²) < 4.78 is 6.11. The van der Waals surface area contributed by atoms with Crippen molar-refractivity contribution in [2.45, 2.75) is 195 Å². The number of carbonyl (C=O) groups excluding carboxylic acids is 1. The van der Waals surface area contributed by atoms with E-state index in [0.717, 1.165) is 61.2 Å². The highest BCUT2D eigenvalue weighted by atomic mass is 16.5. The Morgan fingerprint density at radius 3 is 2.27 bits per heavy atom. The van der Waals surface area contributed by atoms with Crippen LogP contribution in [0.25, 0.3) is 0 Å². The van der Waals surface area contributed by atoms with Gasteiger partial charge in [-0.1, -0.05) is 123 Å². The van der Waals surface area contributed by atoms with E-state index in [4.69, 9.17) is 4.74 Å². The van der Waals surface area contributed by atoms with Gasteiger partial charge in [0.1, 0.15) is 6.10 Å². The van der Waals surface area contributed by atoms with Crippen LogP contribution in [-0.2, 0) is 9.53 Å². The quantitative estimate of drug-likeness (QED) is 0.0814. The fourth-order valence-electron chi connectivity index (χ4n) is 11.0. The fraction of sp³-hybridized carbons (Fsp3) is 0.884. The average Bonchev–Trinajstić information content (AvgIpc) is 3.37. The summed E-state index contributed by atoms with van der Waals surface area (Å²) >= 11 is 0. The lowest BCUT2D eigenvalue weighted by Gasteiger charge is -2.58. The summed E-state index contributed by atoms with van der Waals surface area (Å²) in [5.41, 5.74) is 2.52. The van der Waals surface area contributed by atoms with E-state index >= 15 is 0 Å². The van der Waals surface area contributed by atoms with Crippen LogP contribution >= 0.6 is 0 Å². The molecule has 0 bridgehead atoms. The lowest BCUT2D eigenvalue weighted by atomic mass is 9.47. The molecule has 4 aliphatic carbocycles. The molecule has 0 radical (unpaired) electrons. The first kappa shape index (κ1) is 36.8. The number of ether oxygens (including phenoxy) is 1. The van der Waals surface area contributed by atoms with Gasteiger partial charge in [-0.05, 0) is 123 Å². The molecule has 0 N–H and O–H groups in total. The van der Waals surface area contributed by atoms with Crippen LogP contribution in [-0.4, -0.2) is 12.1 Å². The predicted octanol–water partition coefficient (Wildman–Crippen LogP) is 13.2. The third-order valence-corrected chi connectivity index (χ3v) is 13.7. The second-order valence-electron chi connectivity index (χ2n) is 17.3. The monoisotopic (exact) mass is 623 g/mol. The molecular formula is C43H74O2. The number of allylic oxidation sites excluding steroid dienone is 3. The first-order valence-electron chi connectivity index (χ1n) is 20.2. The zero-order chi connectivity index (χ0) is 32.3. The normalized spacial score (nSPS) is 33.5. The van der Waals surface area contributed by atoms with E-state index in [1.54, 1.807) is 5.57 Å². The first-order chi connectivity index (χ1) is 21.7. The molecule has 258 valence electrons. The van der Waals surface area contributed by atoms with Gasteiger partial charge in [0.05, 0.1) is 0 Å². The van der Waals surface area contributed by atoms with Crippen molar-refractivity contribution in [1.29, 1.82) is 0 Å². The van der Waals surface area contributed by atoms with Gasteiger partial charge in [-0.3, -0.25) is 4.79 Å². The Bertz CT molecular complexity index is 945. The first-order valence-corrected chi connectivity index (χ1v) is 20.2. The van der Waals surface area contributed by atoms with Crippen LogP contribution in [0.5, 0.6) is 0 Å². The molecule has 0 heterocycles. The van der Waals surface area contributed by atoms with Gasteiger partial charge in [-0.25, -0.2) is 0 Å². The molecule has 0 amide bonds. The summed E-state index contributed by atoms with van der Waals surface area (Å²) in [5.74, 6) is 5.31. The molecule has 0 aromatic heterocycles. The van der Waals surface area contributed by atoms with Crippen molar-refractivity contribution in [3.8, 4) is 0 Å². The van der Waals surface area contributed by atoms with E-state index in [0.29, 0.717) is 17.3 Å². The highest BCUT2D eigenvalue weighted by Crippen LogP contribution is 2.67. The summed E-state index contributed by atoms with van der Waals surface area (Å²) in [4.78, 5) is 12.8. The molecule has 0 saturated heterocycles. The number of hydrogen-bond acceptors (Lipinski definition) is 2. The zero-order valence-corrected chi connectivity index (χ0v) is 30.9. The minimum Gasteiger partial charge on any atom is -0.462 e. The second-order valence-corrected chi connectivity index (χ2v) is 17.3. The third kappa shape index (κ3) is 9.75. The lowest BCUT2D eigenvalue weighted by Crippen LogP contribution is -2.51. The number of carbonyl (C=O) groups is 1. The summed E-state index contributed by atoms with van der Waals surface area (Å²) in [5, 5.41) is 0. The molecular weight excluding hydrogens is 548 g/mol. The molecule has 4 aliphatic rings. The maximum absolute atomic E-state index is 12.8. The van der Waals surface area contributed by atoms with Crippen molar-refractivity contribution in [3.05, 3.63) is 23.8 Å². The van der Waals surface area contributed by atoms with E-state index in [9.17, 15) is 4.79 Å². The Labute approximate surface area is 280 Å². The van der Waals surface area contributed by atoms with E-state index < -0.39 is 0 Å². The SMILES string of the molecule is CCCCCCC/C=C/CCCCCCC(=O)OC1CCC2(C)C(=CCC3C2CCC2(C)C(C(C)CCCC(C)C)CCC32)C1. The summed E-state index contributed by atoms with van der Waals surface area (Å²) in [7, 11) is 0. The van der Waals surface area contributed by atoms with Crippen molar-refractivity contribution < 1.29 is 9.53 Å². The average molecular weight is 623 g/mol. The Balaban J connectivity index is 1.16. The van der Waals surface area contributed by atoms with Gasteiger partial charge in [-0.15, -0.1) is 0 Å². The maximum Gasteiger partial charge on any atom is 0.306 e. The lowest BCUT2D eigenvalue weighted by molar-refractivity contribution is -0.151. The van der Waals surface area contributed by atoms with Crippen molar-refractivity contribution >= 4 is 5.97 Å². The molecule has 2 nitrogen and oxygen atoms in total. The van der Waals surface area contributed by atoms with Crippen molar-refractivity contribution in [3.63, 3.8) is 0 Å². The number of fused-ring (bicyclic) bond motifs is 5. The van der Waals surface area contributed by atoms with Gasteiger partial charge in [0.2, 0.25) is 0 Å². The molecule has 3 fully saturated rings. The molecule has 4 rings (SSSR count). The molecule has 0 aliphatic heterocycles. The van der Waals surface area contributed by atoms with E-state index in [1.165, 1.54) is 116 Å². The summed E-state index contributed by atoms with van der Waals surface area (Å²) in [6, 6.07) is 0. The molecule has 0 spiro atoms. The molecule has 0 aromatic rings. The largest absolute Gasteiger partial charge is 0.462 e. The van der Waals surface area contributed by atoms with Gasteiger partial charge in [0, 0.05) is 12.8 Å². The second kappa shape index (κ2) is 17.9. The van der Waals surface area contributed by atoms with Crippen LogP contribution in [0.3, 0.4) is 0 Å². The molecule has 8 atom stereocenters. The van der Waals surface area contributed by atoms with E-state index in [2.05, 4.69) is 59.8 Å². The molecule has 8 unspecified atom stereocenters. The standard InChI is InChI=1S/C43H74O2/c1-7-8-9-10-11-12-13-14-15-16-17-18-19-23-41(44)45-36-28-30-42(5)35(32-36)24-25-37-39-27-26-38(34(4)22-20-21-33(2)3)43(39,6)31-29-40(37)42/h13-14,24,33-34,36-40H,7-12,15-23,25-32H2,1-6H3/b14-13+. The Hall–Kier alpha value is -1.05. The Morgan fingerprint density at radius 2 is 1.56 bits per heavy atom. The van der Waals surface area contributed by atoms with Crippen molar-refractivity contribution in [2.24, 2.45) is 46.3 Å². The molecule has 2 heteroatoms. The van der Waals surface area contributed by atoms with E-state index in [1.807, 2.05) is 0 Å². The highest BCUT2D eigenvalue weighted by molar-refractivity contribution is 5.69. The minimum absolute atomic E-state index is 0.0498. The van der Waals surface area contributed by atoms with Gasteiger partial charge in [0.25, 0.3) is 0 Å². The smallest absolute Gasteiger partial charge is 0.306 e. The number of rotatable bonds is 19. The fourth-order valence-corrected chi connectivity index (χ4v) is 11.0. The molecule has 3 saturated carbocycles. The summed E-state index contributed by atoms with van der Waals surface area (Å²) in [6.07, 6.45) is 36.5. The van der Waals surface area contributed by atoms with Crippen LogP contribution in [0.4, 0.5) is 0 Å². The highest BCUT2D eigenvalue weighted by Gasteiger charge is 2.59. The number of esters is 1. The van der Waals surface area contributed by atoms with Gasteiger partial charge in [-0.2, -0.15) is 0 Å². The topological polar surface area (TPSA) is 26.3 Å². The molecule has 45 heavy (non-hydrogen) atoms.